The molecule has 33 heavy (non-hydrogen) atoms. The van der Waals surface area contributed by atoms with E-state index in [4.69, 9.17) is 11.6 Å². The molecule has 2 fully saturated rings. The van der Waals surface area contributed by atoms with Crippen LogP contribution in [0.5, 0.6) is 0 Å². The zero-order valence-electron chi connectivity index (χ0n) is 18.6. The SMILES string of the molecule is CSCC[C@H]1N[C@]2(C(=O)Nc3c2ccc(Cl)c3C)[C@H]2C(=O)N(CCc3ccccc3)C(=O)[C@H]12. The predicted molar refractivity (Wildman–Crippen MR) is 130 cm³/mol. The molecule has 2 N–H and O–H groups in total. The highest BCUT2D eigenvalue weighted by atomic mass is 35.5. The Morgan fingerprint density at radius 2 is 1.85 bits per heavy atom. The van der Waals surface area contributed by atoms with Gasteiger partial charge in [-0.2, -0.15) is 11.8 Å². The first-order chi connectivity index (χ1) is 15.9. The number of benzene rings is 2. The number of anilines is 1. The first kappa shape index (κ1) is 22.4. The number of nitrogens with zero attached hydrogens (tertiary/aromatic N) is 1. The van der Waals surface area contributed by atoms with Crippen molar-refractivity contribution in [2.45, 2.75) is 31.3 Å². The van der Waals surface area contributed by atoms with Crippen molar-refractivity contribution in [3.8, 4) is 0 Å². The molecule has 0 bridgehead atoms. The number of imide groups is 1. The monoisotopic (exact) mass is 483 g/mol. The molecule has 0 unspecified atom stereocenters. The van der Waals surface area contributed by atoms with Crippen LogP contribution in [0.2, 0.25) is 5.02 Å². The van der Waals surface area contributed by atoms with E-state index in [-0.39, 0.29) is 23.8 Å². The van der Waals surface area contributed by atoms with Crippen molar-refractivity contribution in [3.05, 3.63) is 64.2 Å². The Balaban J connectivity index is 1.54. The molecule has 0 aliphatic carbocycles. The summed E-state index contributed by atoms with van der Waals surface area (Å²) in [6.07, 6.45) is 3.30. The van der Waals surface area contributed by atoms with Crippen LogP contribution in [0.1, 0.15) is 23.1 Å². The molecule has 0 radical (unpaired) electrons. The standard InChI is InChI=1S/C25H26ClN3O3S/c1-14-17(26)9-8-16-21(14)27-24(32)25(16)20-19(18(28-25)11-13-33-2)22(30)29(23(20)31)12-10-15-6-4-3-5-7-15/h3-9,18-20,28H,10-13H2,1-2H3,(H,27,32)/t18-,19-,20-,25+/m1/s1. The highest BCUT2D eigenvalue weighted by Gasteiger charge is 2.70. The lowest BCUT2D eigenvalue weighted by Gasteiger charge is -2.29. The van der Waals surface area contributed by atoms with Crippen LogP contribution in [0.15, 0.2) is 42.5 Å². The summed E-state index contributed by atoms with van der Waals surface area (Å²) in [6, 6.07) is 13.1. The Morgan fingerprint density at radius 1 is 1.09 bits per heavy atom. The number of rotatable bonds is 6. The number of carbonyl (C=O) groups excluding carboxylic acids is 3. The number of nitrogens with one attached hydrogen (secondary N) is 2. The second kappa shape index (κ2) is 8.46. The minimum absolute atomic E-state index is 0.177. The number of fused-ring (bicyclic) bond motifs is 4. The molecule has 5 rings (SSSR count). The van der Waals surface area contributed by atoms with Crippen LogP contribution in [0, 0.1) is 18.8 Å². The fourth-order valence-electron chi connectivity index (χ4n) is 5.65. The molecule has 0 aromatic heterocycles. The molecule has 3 heterocycles. The Hall–Kier alpha value is -2.35. The fourth-order valence-corrected chi connectivity index (χ4v) is 6.30. The van der Waals surface area contributed by atoms with Crippen molar-refractivity contribution >= 4 is 46.8 Å². The second-order valence-electron chi connectivity index (χ2n) is 8.96. The summed E-state index contributed by atoms with van der Waals surface area (Å²) < 4.78 is 0. The Morgan fingerprint density at radius 3 is 2.58 bits per heavy atom. The summed E-state index contributed by atoms with van der Waals surface area (Å²) >= 11 is 8.00. The van der Waals surface area contributed by atoms with Crippen LogP contribution < -0.4 is 10.6 Å². The van der Waals surface area contributed by atoms with Crippen molar-refractivity contribution in [1.29, 1.82) is 0 Å². The van der Waals surface area contributed by atoms with Crippen LogP contribution in [-0.2, 0) is 26.3 Å². The number of likely N-dealkylation sites (tertiary alicyclic amines) is 1. The van der Waals surface area contributed by atoms with Crippen LogP contribution in [0.3, 0.4) is 0 Å². The van der Waals surface area contributed by atoms with Crippen LogP contribution in [-0.4, -0.2) is 47.2 Å². The topological polar surface area (TPSA) is 78.5 Å². The van der Waals surface area contributed by atoms with Crippen molar-refractivity contribution < 1.29 is 14.4 Å². The first-order valence-corrected chi connectivity index (χ1v) is 12.9. The molecule has 2 aromatic carbocycles. The maximum atomic E-state index is 13.8. The van der Waals surface area contributed by atoms with Crippen LogP contribution in [0.25, 0.3) is 0 Å². The molecule has 1 spiro atoms. The van der Waals surface area contributed by atoms with Gasteiger partial charge in [0.1, 0.15) is 5.54 Å². The first-order valence-electron chi connectivity index (χ1n) is 11.2. The van der Waals surface area contributed by atoms with E-state index in [9.17, 15) is 14.4 Å². The van der Waals surface area contributed by atoms with E-state index in [1.54, 1.807) is 17.8 Å². The molecule has 8 heteroatoms. The molecular weight excluding hydrogens is 458 g/mol. The largest absolute Gasteiger partial charge is 0.324 e. The molecule has 2 saturated heterocycles. The molecule has 3 aliphatic heterocycles. The maximum Gasteiger partial charge on any atom is 0.250 e. The van der Waals surface area contributed by atoms with E-state index in [1.807, 2.05) is 49.6 Å². The summed E-state index contributed by atoms with van der Waals surface area (Å²) in [6.45, 7) is 2.17. The van der Waals surface area contributed by atoms with Crippen LogP contribution in [0.4, 0.5) is 5.69 Å². The van der Waals surface area contributed by atoms with Gasteiger partial charge in [0.2, 0.25) is 17.7 Å². The Labute approximate surface area is 202 Å². The summed E-state index contributed by atoms with van der Waals surface area (Å²) in [4.78, 5) is 42.2. The van der Waals surface area contributed by atoms with Gasteiger partial charge in [-0.25, -0.2) is 0 Å². The number of hydrogen-bond donors (Lipinski definition) is 2. The Kier molecular flexibility index (Phi) is 5.75. The third kappa shape index (κ3) is 3.32. The zero-order valence-corrected chi connectivity index (χ0v) is 20.1. The van der Waals surface area contributed by atoms with E-state index < -0.39 is 17.4 Å². The summed E-state index contributed by atoms with van der Waals surface area (Å²) in [5.41, 5.74) is 1.93. The average molecular weight is 484 g/mol. The van der Waals surface area contributed by atoms with Crippen molar-refractivity contribution in [3.63, 3.8) is 0 Å². The van der Waals surface area contributed by atoms with Gasteiger partial charge in [0, 0.05) is 23.2 Å². The maximum absolute atomic E-state index is 13.8. The van der Waals surface area contributed by atoms with Gasteiger partial charge in [-0.1, -0.05) is 48.0 Å². The summed E-state index contributed by atoms with van der Waals surface area (Å²) in [5.74, 6) is -1.23. The van der Waals surface area contributed by atoms with E-state index >= 15 is 0 Å². The lowest BCUT2D eigenvalue weighted by molar-refractivity contribution is -0.142. The summed E-state index contributed by atoms with van der Waals surface area (Å²) in [5, 5.41) is 6.99. The van der Waals surface area contributed by atoms with Gasteiger partial charge in [-0.3, -0.25) is 24.6 Å². The lowest BCUT2D eigenvalue weighted by Crippen LogP contribution is -2.53. The molecule has 3 amide bonds. The van der Waals surface area contributed by atoms with Gasteiger partial charge < -0.3 is 5.32 Å². The third-order valence-electron chi connectivity index (χ3n) is 7.28. The van der Waals surface area contributed by atoms with Crippen molar-refractivity contribution in [2.24, 2.45) is 11.8 Å². The number of carbonyl (C=O) groups is 3. The number of halogens is 1. The molecule has 172 valence electrons. The average Bonchev–Trinajstić information content (AvgIpc) is 3.39. The van der Waals surface area contributed by atoms with Gasteiger partial charge in [-0.15, -0.1) is 0 Å². The van der Waals surface area contributed by atoms with E-state index in [1.165, 1.54) is 4.90 Å². The summed E-state index contributed by atoms with van der Waals surface area (Å²) in [7, 11) is 0. The molecule has 2 aromatic rings. The van der Waals surface area contributed by atoms with Crippen molar-refractivity contribution in [1.82, 2.24) is 10.2 Å². The minimum atomic E-state index is -1.26. The lowest BCUT2D eigenvalue weighted by atomic mass is 9.76. The normalized spacial score (nSPS) is 27.9. The van der Waals surface area contributed by atoms with E-state index in [2.05, 4.69) is 10.6 Å². The van der Waals surface area contributed by atoms with Gasteiger partial charge >= 0.3 is 0 Å². The minimum Gasteiger partial charge on any atom is -0.324 e. The van der Waals surface area contributed by atoms with E-state index in [0.717, 1.165) is 16.9 Å². The van der Waals surface area contributed by atoms with Crippen molar-refractivity contribution in [2.75, 3.05) is 23.9 Å². The Bertz CT molecular complexity index is 1140. The molecule has 3 aliphatic rings. The smallest absolute Gasteiger partial charge is 0.250 e. The highest BCUT2D eigenvalue weighted by Crippen LogP contribution is 2.54. The number of amides is 3. The van der Waals surface area contributed by atoms with Crippen LogP contribution >= 0.6 is 23.4 Å². The molecule has 6 nitrogen and oxygen atoms in total. The predicted octanol–water partition coefficient (Wildman–Crippen LogP) is 3.36. The second-order valence-corrected chi connectivity index (χ2v) is 10.3. The quantitative estimate of drug-likeness (QED) is 0.616. The number of hydrogen-bond acceptors (Lipinski definition) is 5. The molecule has 0 saturated carbocycles. The zero-order chi connectivity index (χ0) is 23.3. The number of thioether (sulfide) groups is 1. The van der Waals surface area contributed by atoms with Gasteiger partial charge in [0.15, 0.2) is 0 Å². The third-order valence-corrected chi connectivity index (χ3v) is 8.33. The molecular formula is C25H26ClN3O3S. The fraction of sp³-hybridized carbons (Fsp3) is 0.400. The van der Waals surface area contributed by atoms with Gasteiger partial charge in [0.05, 0.1) is 17.5 Å². The van der Waals surface area contributed by atoms with E-state index in [0.29, 0.717) is 35.7 Å². The molecule has 4 atom stereocenters. The van der Waals surface area contributed by atoms with Gasteiger partial charge in [0.25, 0.3) is 0 Å². The highest BCUT2D eigenvalue weighted by molar-refractivity contribution is 7.98. The van der Waals surface area contributed by atoms with Gasteiger partial charge in [-0.05, 0) is 49.0 Å².